The van der Waals surface area contributed by atoms with Crippen LogP contribution in [-0.4, -0.2) is 38.4 Å². The molecule has 0 saturated carbocycles. The number of carbonyl (C=O) groups is 2. The summed E-state index contributed by atoms with van der Waals surface area (Å²) in [7, 11) is 0. The monoisotopic (exact) mass is 792 g/mol. The van der Waals surface area contributed by atoms with Crippen molar-refractivity contribution in [2.45, 2.75) is 47.0 Å². The van der Waals surface area contributed by atoms with Crippen molar-refractivity contribution < 1.29 is 38.0 Å². The molecule has 0 aliphatic rings. The molecule has 0 saturated heterocycles. The molecule has 8 heteroatoms. The van der Waals surface area contributed by atoms with E-state index in [1.165, 1.54) is 0 Å². The van der Waals surface area contributed by atoms with Crippen LogP contribution < -0.4 is 28.4 Å². The topological polar surface area (TPSA) is 89.5 Å². The van der Waals surface area contributed by atoms with E-state index < -0.39 is 11.9 Å². The van der Waals surface area contributed by atoms with Crippen LogP contribution in [0.1, 0.15) is 67.7 Å². The van der Waals surface area contributed by atoms with Crippen molar-refractivity contribution in [3.05, 3.63) is 157 Å². The molecule has 6 aromatic carbocycles. The lowest BCUT2D eigenvalue weighted by molar-refractivity contribution is 0.0725. The lowest BCUT2D eigenvalue weighted by atomic mass is 10.0. The average Bonchev–Trinajstić information content (AvgIpc) is 3.28. The standard InChI is InChI=1S/C51H52O8/c1-5-36(3)34-56-46-20-16-40(17-21-46)38-8-12-42(13-9-38)50(52)58-48-28-24-44(25-29-48)54-32-7-33-55-45-26-30-49(31-27-45)59-51(53)43-14-10-39(11-15-43)41-18-22-47(23-19-41)57-35-37(4)6-2/h8-31,36-37H,5-7,32-35H2,1-4H3/t36-,37-/m0/s1. The highest BCUT2D eigenvalue weighted by atomic mass is 16.5. The second kappa shape index (κ2) is 21.3. The lowest BCUT2D eigenvalue weighted by Gasteiger charge is -2.11. The van der Waals surface area contributed by atoms with Crippen molar-refractivity contribution in [3.8, 4) is 56.8 Å². The fourth-order valence-electron chi connectivity index (χ4n) is 5.78. The van der Waals surface area contributed by atoms with Gasteiger partial charge in [0.05, 0.1) is 37.6 Å². The van der Waals surface area contributed by atoms with Crippen molar-refractivity contribution in [1.82, 2.24) is 0 Å². The Morgan fingerprint density at radius 2 is 0.661 bits per heavy atom. The van der Waals surface area contributed by atoms with Crippen LogP contribution in [-0.2, 0) is 0 Å². The molecule has 6 rings (SSSR count). The second-order valence-electron chi connectivity index (χ2n) is 14.6. The van der Waals surface area contributed by atoms with E-state index in [2.05, 4.69) is 27.7 Å². The molecule has 0 amide bonds. The van der Waals surface area contributed by atoms with Gasteiger partial charge in [-0.3, -0.25) is 0 Å². The summed E-state index contributed by atoms with van der Waals surface area (Å²) in [5.74, 6) is 4.01. The largest absolute Gasteiger partial charge is 0.493 e. The van der Waals surface area contributed by atoms with Crippen LogP contribution in [0.25, 0.3) is 22.3 Å². The van der Waals surface area contributed by atoms with E-state index in [1.54, 1.807) is 72.8 Å². The molecule has 2 atom stereocenters. The predicted molar refractivity (Wildman–Crippen MR) is 232 cm³/mol. The van der Waals surface area contributed by atoms with Crippen molar-refractivity contribution in [1.29, 1.82) is 0 Å². The first-order chi connectivity index (χ1) is 28.8. The second-order valence-corrected chi connectivity index (χ2v) is 14.6. The van der Waals surface area contributed by atoms with E-state index in [0.29, 0.717) is 78.8 Å². The summed E-state index contributed by atoms with van der Waals surface area (Å²) >= 11 is 0. The third-order valence-electron chi connectivity index (χ3n) is 9.97. The highest BCUT2D eigenvalue weighted by Gasteiger charge is 2.12. The van der Waals surface area contributed by atoms with Crippen molar-refractivity contribution >= 4 is 11.9 Å². The maximum Gasteiger partial charge on any atom is 0.343 e. The fraction of sp³-hybridized carbons (Fsp3) is 0.255. The molecule has 0 aromatic heterocycles. The van der Waals surface area contributed by atoms with Crippen LogP contribution in [0.4, 0.5) is 0 Å². The van der Waals surface area contributed by atoms with Crippen molar-refractivity contribution in [2.75, 3.05) is 26.4 Å². The molecule has 0 fully saturated rings. The Hall–Kier alpha value is -6.54. The number of esters is 2. The van der Waals surface area contributed by atoms with E-state index in [-0.39, 0.29) is 0 Å². The van der Waals surface area contributed by atoms with Gasteiger partial charge in [0, 0.05) is 6.42 Å². The molecule has 0 N–H and O–H groups in total. The summed E-state index contributed by atoms with van der Waals surface area (Å²) in [6.45, 7) is 10.9. The summed E-state index contributed by atoms with van der Waals surface area (Å²) in [4.78, 5) is 25.6. The van der Waals surface area contributed by atoms with Gasteiger partial charge in [0.15, 0.2) is 0 Å². The minimum absolute atomic E-state index is 0.426. The van der Waals surface area contributed by atoms with Gasteiger partial charge in [0.1, 0.15) is 34.5 Å². The average molecular weight is 793 g/mol. The van der Waals surface area contributed by atoms with E-state index in [4.69, 9.17) is 28.4 Å². The van der Waals surface area contributed by atoms with Crippen LogP contribution in [0.2, 0.25) is 0 Å². The van der Waals surface area contributed by atoms with Gasteiger partial charge in [-0.2, -0.15) is 0 Å². The van der Waals surface area contributed by atoms with Gasteiger partial charge in [0.25, 0.3) is 0 Å². The molecule has 0 aliphatic heterocycles. The molecule has 0 heterocycles. The number of hydrogen-bond acceptors (Lipinski definition) is 8. The van der Waals surface area contributed by atoms with Gasteiger partial charge in [-0.1, -0.05) is 89.1 Å². The Morgan fingerprint density at radius 1 is 0.390 bits per heavy atom. The molecule has 59 heavy (non-hydrogen) atoms. The van der Waals surface area contributed by atoms with Crippen molar-refractivity contribution in [2.24, 2.45) is 11.8 Å². The van der Waals surface area contributed by atoms with E-state index in [1.807, 2.05) is 72.8 Å². The molecule has 6 aromatic rings. The van der Waals surface area contributed by atoms with Gasteiger partial charge >= 0.3 is 11.9 Å². The van der Waals surface area contributed by atoms with Gasteiger partial charge < -0.3 is 28.4 Å². The molecule has 0 radical (unpaired) electrons. The molecule has 304 valence electrons. The molecular formula is C51H52O8. The Labute approximate surface area is 347 Å². The number of benzene rings is 6. The molecule has 0 bridgehead atoms. The molecule has 0 aliphatic carbocycles. The third kappa shape index (κ3) is 12.7. The zero-order valence-corrected chi connectivity index (χ0v) is 34.2. The Kier molecular flexibility index (Phi) is 15.2. The van der Waals surface area contributed by atoms with Gasteiger partial charge in [-0.25, -0.2) is 9.59 Å². The SMILES string of the molecule is CC[C@H](C)COc1ccc(-c2ccc(C(=O)Oc3ccc(OCCCOc4ccc(OC(=O)c5ccc(-c6ccc(OC[C@@H](C)CC)cc6)cc5)cc4)cc3)cc2)cc1. The normalized spacial score (nSPS) is 11.9. The predicted octanol–water partition coefficient (Wildman–Crippen LogP) is 12.2. The first-order valence-electron chi connectivity index (χ1n) is 20.3. The number of hydrogen-bond donors (Lipinski definition) is 0. The zero-order chi connectivity index (χ0) is 41.4. The summed E-state index contributed by atoms with van der Waals surface area (Å²) in [6.07, 6.45) is 2.81. The minimum Gasteiger partial charge on any atom is -0.493 e. The molecular weight excluding hydrogens is 741 g/mol. The van der Waals surface area contributed by atoms with Crippen LogP contribution >= 0.6 is 0 Å². The lowest BCUT2D eigenvalue weighted by Crippen LogP contribution is -2.08. The fourth-order valence-corrected chi connectivity index (χ4v) is 5.78. The first-order valence-corrected chi connectivity index (χ1v) is 20.3. The van der Waals surface area contributed by atoms with Gasteiger partial charge in [-0.15, -0.1) is 0 Å². The minimum atomic E-state index is -0.436. The Morgan fingerprint density at radius 3 is 0.983 bits per heavy atom. The zero-order valence-electron chi connectivity index (χ0n) is 34.2. The summed E-state index contributed by atoms with van der Waals surface area (Å²) in [6, 6.07) is 44.5. The highest BCUT2D eigenvalue weighted by molar-refractivity contribution is 5.92. The van der Waals surface area contributed by atoms with Crippen LogP contribution in [0.5, 0.6) is 34.5 Å². The van der Waals surface area contributed by atoms with Crippen LogP contribution in [0.15, 0.2) is 146 Å². The molecule has 8 nitrogen and oxygen atoms in total. The first kappa shape index (κ1) is 42.1. The van der Waals surface area contributed by atoms with Crippen LogP contribution in [0, 0.1) is 11.8 Å². The summed E-state index contributed by atoms with van der Waals surface area (Å²) < 4.78 is 34.6. The number of ether oxygens (including phenoxy) is 6. The van der Waals surface area contributed by atoms with E-state index >= 15 is 0 Å². The summed E-state index contributed by atoms with van der Waals surface area (Å²) in [5.41, 5.74) is 4.99. The molecule has 0 unspecified atom stereocenters. The van der Waals surface area contributed by atoms with E-state index in [0.717, 1.165) is 46.6 Å². The summed E-state index contributed by atoms with van der Waals surface area (Å²) in [5, 5.41) is 0. The number of carbonyl (C=O) groups excluding carboxylic acids is 2. The maximum absolute atomic E-state index is 12.8. The highest BCUT2D eigenvalue weighted by Crippen LogP contribution is 2.27. The van der Waals surface area contributed by atoms with Crippen LogP contribution in [0.3, 0.4) is 0 Å². The smallest absolute Gasteiger partial charge is 0.343 e. The van der Waals surface area contributed by atoms with Gasteiger partial charge in [-0.05, 0) is 131 Å². The third-order valence-corrected chi connectivity index (χ3v) is 9.97. The Balaban J connectivity index is 0.871. The van der Waals surface area contributed by atoms with Gasteiger partial charge in [0.2, 0.25) is 0 Å². The van der Waals surface area contributed by atoms with E-state index in [9.17, 15) is 9.59 Å². The van der Waals surface area contributed by atoms with Crippen molar-refractivity contribution in [3.63, 3.8) is 0 Å². The quantitative estimate of drug-likeness (QED) is 0.0429. The maximum atomic E-state index is 12.8. The Bertz CT molecular complexity index is 2030. The number of rotatable bonds is 20. The molecule has 0 spiro atoms.